The van der Waals surface area contributed by atoms with Crippen molar-refractivity contribution in [3.63, 3.8) is 0 Å². The van der Waals surface area contributed by atoms with Crippen molar-refractivity contribution in [3.05, 3.63) is 65.0 Å². The lowest BCUT2D eigenvalue weighted by Crippen LogP contribution is -2.34. The van der Waals surface area contributed by atoms with Crippen molar-refractivity contribution in [2.75, 3.05) is 31.1 Å². The number of piperidine rings is 1. The topological polar surface area (TPSA) is 113 Å². The van der Waals surface area contributed by atoms with Crippen molar-refractivity contribution in [3.8, 4) is 0 Å². The first-order valence-corrected chi connectivity index (χ1v) is 13.6. The average molecular weight is 552 g/mol. The van der Waals surface area contributed by atoms with Gasteiger partial charge in [0.05, 0.1) is 17.2 Å². The number of halogens is 2. The molecule has 10 nitrogen and oxygen atoms in total. The molecule has 0 saturated carbocycles. The molecule has 2 fully saturated rings. The number of hydrogen-bond donors (Lipinski definition) is 1. The lowest BCUT2D eigenvalue weighted by atomic mass is 10.0. The van der Waals surface area contributed by atoms with Crippen LogP contribution in [0.1, 0.15) is 72.5 Å². The van der Waals surface area contributed by atoms with Gasteiger partial charge in [-0.05, 0) is 37.0 Å². The second-order valence-corrected chi connectivity index (χ2v) is 10.9. The van der Waals surface area contributed by atoms with E-state index in [2.05, 4.69) is 20.1 Å². The van der Waals surface area contributed by atoms with Crippen molar-refractivity contribution in [2.24, 2.45) is 0 Å². The molecule has 4 aromatic rings. The molecule has 1 amide bonds. The Morgan fingerprint density at radius 1 is 1.12 bits per heavy atom. The molecule has 3 aromatic heterocycles. The highest BCUT2D eigenvalue weighted by Gasteiger charge is 2.28. The second kappa shape index (κ2) is 10.6. The lowest BCUT2D eigenvalue weighted by molar-refractivity contribution is 0.0764. The fourth-order valence-corrected chi connectivity index (χ4v) is 5.55. The zero-order chi connectivity index (χ0) is 28.0. The van der Waals surface area contributed by atoms with Gasteiger partial charge in [0.25, 0.3) is 5.91 Å². The number of likely N-dealkylation sites (tertiary alicyclic amines) is 1. The van der Waals surface area contributed by atoms with Gasteiger partial charge in [-0.1, -0.05) is 25.1 Å². The number of nitrogens with zero attached hydrogens (tertiary/aromatic N) is 7. The number of aliphatic hydroxyl groups is 1. The molecule has 2 aliphatic heterocycles. The standard InChI is InChI=1S/C28H31F2N7O3/c1-16(2)25-33-28(40-34-25)35-8-5-19(6-9-35)37-14-22(30)24-23(31-15-32-26(24)37)12-17-3-4-18(11-21(17)29)27(39)36-10-7-20(38)13-36/h3-4,11,14-16,19-20,38H,5-10,12-13H2,1-2H3/t20-/m1/s1. The molecule has 6 rings (SSSR count). The fraction of sp³-hybridized carbons (Fsp3) is 0.464. The molecule has 2 saturated heterocycles. The van der Waals surface area contributed by atoms with E-state index < -0.39 is 17.7 Å². The number of benzene rings is 1. The zero-order valence-electron chi connectivity index (χ0n) is 22.4. The van der Waals surface area contributed by atoms with E-state index in [9.17, 15) is 9.90 Å². The number of β-amino-alcohol motifs (C(OH)–C–C–N with tert-alkyl or cyclic N) is 1. The highest BCUT2D eigenvalue weighted by molar-refractivity contribution is 5.94. The van der Waals surface area contributed by atoms with Crippen molar-refractivity contribution in [1.82, 2.24) is 29.6 Å². The summed E-state index contributed by atoms with van der Waals surface area (Å²) in [5.74, 6) is -0.488. The Kier molecular flexibility index (Phi) is 6.95. The summed E-state index contributed by atoms with van der Waals surface area (Å²) in [6, 6.07) is 4.82. The van der Waals surface area contributed by atoms with Gasteiger partial charge in [0.1, 0.15) is 17.8 Å². The van der Waals surface area contributed by atoms with Crippen LogP contribution in [-0.2, 0) is 6.42 Å². The van der Waals surface area contributed by atoms with Crippen LogP contribution in [0.2, 0.25) is 0 Å². The van der Waals surface area contributed by atoms with E-state index in [1.165, 1.54) is 29.6 Å². The average Bonchev–Trinajstić information content (AvgIpc) is 3.69. The number of fused-ring (bicyclic) bond motifs is 1. The molecule has 0 unspecified atom stereocenters. The smallest absolute Gasteiger partial charge is 0.324 e. The van der Waals surface area contributed by atoms with E-state index in [1.54, 1.807) is 6.07 Å². The second-order valence-electron chi connectivity index (χ2n) is 10.9. The van der Waals surface area contributed by atoms with Gasteiger partial charge in [-0.3, -0.25) is 4.79 Å². The minimum absolute atomic E-state index is 0.0182. The first-order chi connectivity index (χ1) is 19.3. The van der Waals surface area contributed by atoms with E-state index in [1.807, 2.05) is 23.3 Å². The number of hydrogen-bond acceptors (Lipinski definition) is 8. The minimum atomic E-state index is -0.564. The Bertz CT molecular complexity index is 1540. The van der Waals surface area contributed by atoms with Gasteiger partial charge in [0, 0.05) is 56.3 Å². The van der Waals surface area contributed by atoms with Crippen molar-refractivity contribution < 1.29 is 23.2 Å². The number of amides is 1. The predicted octanol–water partition coefficient (Wildman–Crippen LogP) is 3.86. The minimum Gasteiger partial charge on any atom is -0.391 e. The van der Waals surface area contributed by atoms with Gasteiger partial charge in [0.2, 0.25) is 0 Å². The van der Waals surface area contributed by atoms with Crippen LogP contribution in [0.5, 0.6) is 0 Å². The van der Waals surface area contributed by atoms with Crippen LogP contribution < -0.4 is 4.90 Å². The summed E-state index contributed by atoms with van der Waals surface area (Å²) < 4.78 is 37.7. The number of anilines is 1. The van der Waals surface area contributed by atoms with Crippen LogP contribution in [0.15, 0.2) is 35.2 Å². The number of carbonyl (C=O) groups is 1. The highest BCUT2D eigenvalue weighted by Crippen LogP contribution is 2.32. The molecule has 2 aliphatic rings. The molecule has 1 atom stereocenters. The Hall–Kier alpha value is -3.93. The third-order valence-electron chi connectivity index (χ3n) is 7.83. The van der Waals surface area contributed by atoms with E-state index >= 15 is 8.78 Å². The van der Waals surface area contributed by atoms with Crippen molar-refractivity contribution >= 4 is 23.0 Å². The molecule has 210 valence electrons. The summed E-state index contributed by atoms with van der Waals surface area (Å²) in [6.07, 6.45) is 4.32. The van der Waals surface area contributed by atoms with Crippen LogP contribution >= 0.6 is 0 Å². The molecule has 0 spiro atoms. The lowest BCUT2D eigenvalue weighted by Gasteiger charge is -2.31. The van der Waals surface area contributed by atoms with Crippen molar-refractivity contribution in [2.45, 2.75) is 57.6 Å². The SMILES string of the molecule is CC(C)c1noc(N2CCC(n3cc(F)c4c(Cc5ccc(C(=O)N6CC[C@@H](O)C6)cc5F)ncnc43)CC2)n1. The monoisotopic (exact) mass is 551 g/mol. The molecule has 5 heterocycles. The van der Waals surface area contributed by atoms with Crippen LogP contribution in [0.3, 0.4) is 0 Å². The van der Waals surface area contributed by atoms with E-state index in [0.717, 1.165) is 12.8 Å². The van der Waals surface area contributed by atoms with Crippen LogP contribution in [-0.4, -0.2) is 72.9 Å². The highest BCUT2D eigenvalue weighted by atomic mass is 19.1. The van der Waals surface area contributed by atoms with Crippen LogP contribution in [0, 0.1) is 11.6 Å². The normalized spacial score (nSPS) is 18.4. The van der Waals surface area contributed by atoms with Gasteiger partial charge in [0.15, 0.2) is 11.6 Å². The van der Waals surface area contributed by atoms with Crippen molar-refractivity contribution in [1.29, 1.82) is 0 Å². The van der Waals surface area contributed by atoms with E-state index in [0.29, 0.717) is 54.8 Å². The summed E-state index contributed by atoms with van der Waals surface area (Å²) >= 11 is 0. The maximum Gasteiger partial charge on any atom is 0.324 e. The van der Waals surface area contributed by atoms with Crippen LogP contribution in [0.25, 0.3) is 11.0 Å². The van der Waals surface area contributed by atoms with Gasteiger partial charge in [-0.15, -0.1) is 0 Å². The molecular weight excluding hydrogens is 520 g/mol. The molecular formula is C28H31F2N7O3. The van der Waals surface area contributed by atoms with Gasteiger partial charge in [-0.25, -0.2) is 18.7 Å². The quantitative estimate of drug-likeness (QED) is 0.385. The van der Waals surface area contributed by atoms with E-state index in [4.69, 9.17) is 4.52 Å². The number of rotatable bonds is 6. The molecule has 1 N–H and O–H groups in total. The Labute approximate surface area is 229 Å². The Morgan fingerprint density at radius 3 is 2.60 bits per heavy atom. The van der Waals surface area contributed by atoms with E-state index in [-0.39, 0.29) is 41.8 Å². The summed E-state index contributed by atoms with van der Waals surface area (Å²) in [5, 5.41) is 14.0. The van der Waals surface area contributed by atoms with Gasteiger partial charge in [-0.2, -0.15) is 4.98 Å². The number of carbonyl (C=O) groups excluding carboxylic acids is 1. The van der Waals surface area contributed by atoms with Gasteiger partial charge >= 0.3 is 6.01 Å². The number of aromatic nitrogens is 5. The molecule has 40 heavy (non-hydrogen) atoms. The van der Waals surface area contributed by atoms with Gasteiger partial charge < -0.3 is 24.0 Å². The third-order valence-corrected chi connectivity index (χ3v) is 7.83. The molecule has 0 aliphatic carbocycles. The maximum absolute atomic E-state index is 15.3. The Balaban J connectivity index is 1.19. The zero-order valence-corrected chi connectivity index (χ0v) is 22.4. The molecule has 1 aromatic carbocycles. The first-order valence-electron chi connectivity index (χ1n) is 13.6. The summed E-state index contributed by atoms with van der Waals surface area (Å²) in [7, 11) is 0. The van der Waals surface area contributed by atoms with Crippen LogP contribution in [0.4, 0.5) is 14.8 Å². The molecule has 0 bridgehead atoms. The molecule has 12 heteroatoms. The summed E-state index contributed by atoms with van der Waals surface area (Å²) in [5.41, 5.74) is 1.37. The Morgan fingerprint density at radius 2 is 1.93 bits per heavy atom. The maximum atomic E-state index is 15.3. The largest absolute Gasteiger partial charge is 0.391 e. The third kappa shape index (κ3) is 4.91. The number of aliphatic hydroxyl groups excluding tert-OH is 1. The predicted molar refractivity (Wildman–Crippen MR) is 142 cm³/mol. The first kappa shape index (κ1) is 26.3. The molecule has 0 radical (unpaired) electrons. The summed E-state index contributed by atoms with van der Waals surface area (Å²) in [4.78, 5) is 29.4. The summed E-state index contributed by atoms with van der Waals surface area (Å²) in [6.45, 7) is 6.05. The fourth-order valence-electron chi connectivity index (χ4n) is 5.55.